The molecule has 0 aromatic rings. The molecule has 1 aliphatic carbocycles. The van der Waals surface area contributed by atoms with Crippen molar-refractivity contribution in [1.29, 1.82) is 0 Å². The maximum absolute atomic E-state index is 11.2. The maximum atomic E-state index is 11.2. The lowest BCUT2D eigenvalue weighted by molar-refractivity contribution is -0.149. The van der Waals surface area contributed by atoms with Gasteiger partial charge in [0.15, 0.2) is 0 Å². The number of hydrogen-bond donors (Lipinski definition) is 0. The van der Waals surface area contributed by atoms with Crippen LogP contribution in [0.5, 0.6) is 0 Å². The molecule has 2 atom stereocenters. The van der Waals surface area contributed by atoms with Gasteiger partial charge in [0.2, 0.25) is 0 Å². The van der Waals surface area contributed by atoms with Gasteiger partial charge in [0.25, 0.3) is 0 Å². The summed E-state index contributed by atoms with van der Waals surface area (Å²) in [5, 5.41) is 0. The van der Waals surface area contributed by atoms with Crippen LogP contribution in [0.3, 0.4) is 0 Å². The van der Waals surface area contributed by atoms with Gasteiger partial charge in [0.05, 0.1) is 0 Å². The minimum atomic E-state index is -0.0407. The predicted molar refractivity (Wildman–Crippen MR) is 54.9 cm³/mol. The van der Waals surface area contributed by atoms with E-state index < -0.39 is 0 Å². The molecule has 1 aliphatic heterocycles. The lowest BCUT2D eigenvalue weighted by atomic mass is 9.90. The van der Waals surface area contributed by atoms with Crippen molar-refractivity contribution in [3.8, 4) is 0 Å². The Hall–Kier alpha value is -0.530. The van der Waals surface area contributed by atoms with Crippen molar-refractivity contribution in [2.24, 2.45) is 5.92 Å². The normalized spacial score (nSPS) is 38.4. The van der Waals surface area contributed by atoms with Gasteiger partial charge in [-0.2, -0.15) is 0 Å². The van der Waals surface area contributed by atoms with Crippen molar-refractivity contribution in [1.82, 2.24) is 0 Å². The van der Waals surface area contributed by atoms with E-state index in [0.717, 1.165) is 25.2 Å². The minimum Gasteiger partial charge on any atom is -0.459 e. The highest BCUT2D eigenvalue weighted by Crippen LogP contribution is 2.40. The van der Waals surface area contributed by atoms with Gasteiger partial charge < -0.3 is 4.74 Å². The van der Waals surface area contributed by atoms with Gasteiger partial charge in [0.1, 0.15) is 5.60 Å². The number of carbonyl (C=O) groups is 1. The molecule has 80 valence electrons. The van der Waals surface area contributed by atoms with Crippen molar-refractivity contribution in [2.45, 2.75) is 63.9 Å². The van der Waals surface area contributed by atoms with Crippen molar-refractivity contribution in [3.63, 3.8) is 0 Å². The SMILES string of the molecule is CCC1CCCC2(CCC(=O)O2)CC1. The first-order valence-corrected chi connectivity index (χ1v) is 5.96. The van der Waals surface area contributed by atoms with E-state index in [2.05, 4.69) is 6.92 Å². The molecule has 2 aliphatic rings. The monoisotopic (exact) mass is 196 g/mol. The molecular weight excluding hydrogens is 176 g/mol. The van der Waals surface area contributed by atoms with Crippen LogP contribution in [0.1, 0.15) is 58.3 Å². The predicted octanol–water partition coefficient (Wildman–Crippen LogP) is 3.05. The molecule has 1 heterocycles. The lowest BCUT2D eigenvalue weighted by Crippen LogP contribution is -2.27. The van der Waals surface area contributed by atoms with Crippen molar-refractivity contribution < 1.29 is 9.53 Å². The number of hydrogen-bond acceptors (Lipinski definition) is 2. The fourth-order valence-electron chi connectivity index (χ4n) is 2.88. The maximum Gasteiger partial charge on any atom is 0.306 e. The third-order valence-corrected chi connectivity index (χ3v) is 3.95. The molecule has 2 heteroatoms. The highest BCUT2D eigenvalue weighted by Gasteiger charge is 2.41. The Labute approximate surface area is 86.0 Å². The molecule has 2 fully saturated rings. The third kappa shape index (κ3) is 1.94. The Balaban J connectivity index is 1.97. The van der Waals surface area contributed by atoms with E-state index in [4.69, 9.17) is 4.74 Å². The number of carbonyl (C=O) groups excluding carboxylic acids is 1. The molecule has 0 N–H and O–H groups in total. The second-order valence-corrected chi connectivity index (χ2v) is 4.86. The Bertz CT molecular complexity index is 224. The summed E-state index contributed by atoms with van der Waals surface area (Å²) < 4.78 is 5.52. The van der Waals surface area contributed by atoms with E-state index in [9.17, 15) is 4.79 Å². The molecule has 0 aromatic carbocycles. The first-order chi connectivity index (χ1) is 6.74. The molecule has 2 rings (SSSR count). The fourth-order valence-corrected chi connectivity index (χ4v) is 2.88. The van der Waals surface area contributed by atoms with Crippen LogP contribution in [0.4, 0.5) is 0 Å². The second-order valence-electron chi connectivity index (χ2n) is 4.86. The lowest BCUT2D eigenvalue weighted by Gasteiger charge is -2.25. The highest BCUT2D eigenvalue weighted by molar-refractivity contribution is 5.72. The van der Waals surface area contributed by atoms with Crippen LogP contribution in [-0.4, -0.2) is 11.6 Å². The largest absolute Gasteiger partial charge is 0.459 e. The van der Waals surface area contributed by atoms with Crippen LogP contribution in [-0.2, 0) is 9.53 Å². The van der Waals surface area contributed by atoms with E-state index in [-0.39, 0.29) is 11.6 Å². The quantitative estimate of drug-likeness (QED) is 0.602. The van der Waals surface area contributed by atoms with Crippen LogP contribution >= 0.6 is 0 Å². The average molecular weight is 196 g/mol. The number of rotatable bonds is 1. The molecule has 1 spiro atoms. The van der Waals surface area contributed by atoms with Gasteiger partial charge in [-0.15, -0.1) is 0 Å². The smallest absolute Gasteiger partial charge is 0.306 e. The molecule has 1 saturated heterocycles. The van der Waals surface area contributed by atoms with Crippen molar-refractivity contribution >= 4 is 5.97 Å². The van der Waals surface area contributed by atoms with Crippen LogP contribution in [0.15, 0.2) is 0 Å². The number of ether oxygens (including phenoxy) is 1. The summed E-state index contributed by atoms with van der Waals surface area (Å²) in [6.45, 7) is 2.27. The average Bonchev–Trinajstić information content (AvgIpc) is 2.44. The first kappa shape index (κ1) is 10.0. The molecule has 0 aromatic heterocycles. The number of esters is 1. The second kappa shape index (κ2) is 3.92. The third-order valence-electron chi connectivity index (χ3n) is 3.95. The first-order valence-electron chi connectivity index (χ1n) is 5.96. The van der Waals surface area contributed by atoms with E-state index in [1.165, 1.54) is 25.7 Å². The Morgan fingerprint density at radius 1 is 1.36 bits per heavy atom. The van der Waals surface area contributed by atoms with Gasteiger partial charge in [-0.25, -0.2) is 0 Å². The molecule has 0 bridgehead atoms. The van der Waals surface area contributed by atoms with Gasteiger partial charge in [-0.3, -0.25) is 4.79 Å². The summed E-state index contributed by atoms with van der Waals surface area (Å²) in [7, 11) is 0. The van der Waals surface area contributed by atoms with Gasteiger partial charge in [-0.05, 0) is 38.0 Å². The van der Waals surface area contributed by atoms with Crippen LogP contribution in [0, 0.1) is 5.92 Å². The van der Waals surface area contributed by atoms with E-state index >= 15 is 0 Å². The summed E-state index contributed by atoms with van der Waals surface area (Å²) in [6, 6.07) is 0. The molecule has 2 nitrogen and oxygen atoms in total. The van der Waals surface area contributed by atoms with E-state index in [0.29, 0.717) is 6.42 Å². The van der Waals surface area contributed by atoms with Crippen molar-refractivity contribution in [2.75, 3.05) is 0 Å². The molecule has 0 amide bonds. The van der Waals surface area contributed by atoms with E-state index in [1.807, 2.05) is 0 Å². The zero-order valence-corrected chi connectivity index (χ0v) is 9.05. The van der Waals surface area contributed by atoms with Crippen LogP contribution < -0.4 is 0 Å². The molecule has 0 radical (unpaired) electrons. The van der Waals surface area contributed by atoms with Crippen LogP contribution in [0.25, 0.3) is 0 Å². The topological polar surface area (TPSA) is 26.3 Å². The van der Waals surface area contributed by atoms with E-state index in [1.54, 1.807) is 0 Å². The molecule has 14 heavy (non-hydrogen) atoms. The highest BCUT2D eigenvalue weighted by atomic mass is 16.6. The van der Waals surface area contributed by atoms with Gasteiger partial charge in [0, 0.05) is 6.42 Å². The summed E-state index contributed by atoms with van der Waals surface area (Å²) in [5.41, 5.74) is -0.0407. The minimum absolute atomic E-state index is 0.0277. The molecule has 2 unspecified atom stereocenters. The summed E-state index contributed by atoms with van der Waals surface area (Å²) in [4.78, 5) is 11.2. The zero-order chi connectivity index (χ0) is 10.0. The Morgan fingerprint density at radius 3 is 2.86 bits per heavy atom. The molecule has 1 saturated carbocycles. The van der Waals surface area contributed by atoms with Crippen LogP contribution in [0.2, 0.25) is 0 Å². The standard InChI is InChI=1S/C12H20O2/c1-2-10-4-3-7-12(8-5-10)9-6-11(13)14-12/h10H,2-9H2,1H3. The van der Waals surface area contributed by atoms with Gasteiger partial charge >= 0.3 is 5.97 Å². The fraction of sp³-hybridized carbons (Fsp3) is 0.917. The summed E-state index contributed by atoms with van der Waals surface area (Å²) >= 11 is 0. The zero-order valence-electron chi connectivity index (χ0n) is 9.05. The molecular formula is C12H20O2. The Kier molecular flexibility index (Phi) is 2.80. The Morgan fingerprint density at radius 2 is 2.21 bits per heavy atom. The van der Waals surface area contributed by atoms with Crippen molar-refractivity contribution in [3.05, 3.63) is 0 Å². The summed E-state index contributed by atoms with van der Waals surface area (Å²) in [5.74, 6) is 0.897. The van der Waals surface area contributed by atoms with Gasteiger partial charge in [-0.1, -0.05) is 19.8 Å². The summed E-state index contributed by atoms with van der Waals surface area (Å²) in [6.07, 6.45) is 8.95.